The molecule has 0 saturated carbocycles. The van der Waals surface area contributed by atoms with E-state index < -0.39 is 0 Å². The van der Waals surface area contributed by atoms with Crippen LogP contribution in [-0.2, 0) is 6.54 Å². The molecule has 3 aromatic carbocycles. The first kappa shape index (κ1) is 20.9. The molecule has 0 aliphatic carbocycles. The number of rotatable bonds is 7. The number of nitrogens with zero attached hydrogens (tertiary/aromatic N) is 1. The van der Waals surface area contributed by atoms with Crippen LogP contribution < -0.4 is 10.6 Å². The Morgan fingerprint density at radius 3 is 2.13 bits per heavy atom. The van der Waals surface area contributed by atoms with Crippen LogP contribution in [-0.4, -0.2) is 28.5 Å². The van der Waals surface area contributed by atoms with Crippen LogP contribution in [0.5, 0.6) is 5.75 Å². The fraction of sp³-hybridized carbons (Fsp3) is 0.167. The van der Waals surface area contributed by atoms with E-state index in [2.05, 4.69) is 10.6 Å². The summed E-state index contributed by atoms with van der Waals surface area (Å²) >= 11 is 0. The molecule has 3 rings (SSSR count). The van der Waals surface area contributed by atoms with E-state index in [1.165, 1.54) is 0 Å². The molecule has 3 amide bonds. The van der Waals surface area contributed by atoms with E-state index >= 15 is 0 Å². The molecule has 0 fully saturated rings. The van der Waals surface area contributed by atoms with Gasteiger partial charge in [0.05, 0.1) is 6.54 Å². The predicted octanol–water partition coefficient (Wildman–Crippen LogP) is 5.09. The molecule has 6 nitrogen and oxygen atoms in total. The fourth-order valence-electron chi connectivity index (χ4n) is 3.00. The number of amides is 3. The van der Waals surface area contributed by atoms with Crippen molar-refractivity contribution in [1.82, 2.24) is 4.90 Å². The Kier molecular flexibility index (Phi) is 7.05. The minimum atomic E-state index is -0.262. The lowest BCUT2D eigenvalue weighted by Gasteiger charge is -2.23. The molecule has 6 heteroatoms. The second kappa shape index (κ2) is 10.1. The molecule has 0 saturated heterocycles. The Morgan fingerprint density at radius 1 is 0.833 bits per heavy atom. The Balaban J connectivity index is 1.63. The zero-order valence-electron chi connectivity index (χ0n) is 16.8. The van der Waals surface area contributed by atoms with Crippen molar-refractivity contribution in [1.29, 1.82) is 0 Å². The van der Waals surface area contributed by atoms with Gasteiger partial charge in [-0.25, -0.2) is 4.79 Å². The van der Waals surface area contributed by atoms with Crippen LogP contribution in [0.25, 0.3) is 0 Å². The molecule has 3 N–H and O–H groups in total. The average Bonchev–Trinajstić information content (AvgIpc) is 2.76. The van der Waals surface area contributed by atoms with Crippen LogP contribution in [0.3, 0.4) is 0 Å². The highest BCUT2D eigenvalue weighted by molar-refractivity contribution is 6.04. The van der Waals surface area contributed by atoms with Crippen molar-refractivity contribution in [2.24, 2.45) is 0 Å². The van der Waals surface area contributed by atoms with Crippen LogP contribution in [0, 0.1) is 0 Å². The van der Waals surface area contributed by atoms with Gasteiger partial charge in [-0.3, -0.25) is 4.79 Å². The van der Waals surface area contributed by atoms with Crippen LogP contribution in [0.2, 0.25) is 0 Å². The summed E-state index contributed by atoms with van der Waals surface area (Å²) in [5.74, 6) is -0.0496. The first-order chi connectivity index (χ1) is 14.6. The van der Waals surface area contributed by atoms with Gasteiger partial charge in [0.2, 0.25) is 0 Å². The SMILES string of the molecule is CCCN(Cc1ccccc1O)C(=O)Nc1ccc(C(=O)Nc2ccccc2)cc1. The average molecular weight is 403 g/mol. The van der Waals surface area contributed by atoms with Crippen LogP contribution in [0.15, 0.2) is 78.9 Å². The van der Waals surface area contributed by atoms with Crippen LogP contribution in [0.4, 0.5) is 16.2 Å². The van der Waals surface area contributed by atoms with Crippen molar-refractivity contribution in [3.8, 4) is 5.75 Å². The van der Waals surface area contributed by atoms with E-state index in [1.807, 2.05) is 43.3 Å². The van der Waals surface area contributed by atoms with Crippen molar-refractivity contribution < 1.29 is 14.7 Å². The lowest BCUT2D eigenvalue weighted by molar-refractivity contribution is 0.102. The monoisotopic (exact) mass is 403 g/mol. The number of phenols is 1. The number of nitrogens with one attached hydrogen (secondary N) is 2. The van der Waals surface area contributed by atoms with Gasteiger partial charge >= 0.3 is 6.03 Å². The number of anilines is 2. The van der Waals surface area contributed by atoms with E-state index in [9.17, 15) is 14.7 Å². The van der Waals surface area contributed by atoms with Crippen molar-refractivity contribution in [2.75, 3.05) is 17.2 Å². The summed E-state index contributed by atoms with van der Waals surface area (Å²) in [7, 11) is 0. The second-order valence-corrected chi connectivity index (χ2v) is 6.88. The molecule has 0 spiro atoms. The number of phenolic OH excluding ortho intramolecular Hbond substituents is 1. The molecule has 154 valence electrons. The zero-order valence-corrected chi connectivity index (χ0v) is 16.8. The summed E-state index contributed by atoms with van der Waals surface area (Å²) in [6, 6.07) is 22.7. The van der Waals surface area contributed by atoms with Gasteiger partial charge in [-0.05, 0) is 48.9 Å². The Hall–Kier alpha value is -3.80. The first-order valence-electron chi connectivity index (χ1n) is 9.86. The largest absolute Gasteiger partial charge is 0.508 e. The van der Waals surface area contributed by atoms with Gasteiger partial charge in [0.1, 0.15) is 5.75 Å². The molecule has 3 aromatic rings. The number of hydrogen-bond acceptors (Lipinski definition) is 3. The quantitative estimate of drug-likeness (QED) is 0.514. The lowest BCUT2D eigenvalue weighted by Crippen LogP contribution is -2.35. The molecular weight excluding hydrogens is 378 g/mol. The minimum Gasteiger partial charge on any atom is -0.508 e. The normalized spacial score (nSPS) is 10.3. The number of aromatic hydroxyl groups is 1. The summed E-state index contributed by atoms with van der Waals surface area (Å²) < 4.78 is 0. The number of hydrogen-bond donors (Lipinski definition) is 3. The molecule has 0 unspecified atom stereocenters. The maximum atomic E-state index is 12.7. The van der Waals surface area contributed by atoms with Crippen molar-refractivity contribution in [3.05, 3.63) is 90.0 Å². The Morgan fingerprint density at radius 2 is 1.47 bits per heavy atom. The molecular formula is C24H25N3O3. The molecule has 30 heavy (non-hydrogen) atoms. The van der Waals surface area contributed by atoms with Gasteiger partial charge < -0.3 is 20.6 Å². The van der Waals surface area contributed by atoms with E-state index in [1.54, 1.807) is 47.4 Å². The van der Waals surface area contributed by atoms with E-state index in [-0.39, 0.29) is 17.7 Å². The van der Waals surface area contributed by atoms with Crippen molar-refractivity contribution >= 4 is 23.3 Å². The van der Waals surface area contributed by atoms with Gasteiger partial charge in [0, 0.05) is 29.0 Å². The number of para-hydroxylation sites is 2. The Labute approximate surface area is 176 Å². The van der Waals surface area contributed by atoms with Crippen molar-refractivity contribution in [2.45, 2.75) is 19.9 Å². The van der Waals surface area contributed by atoms with Gasteiger partial charge in [-0.15, -0.1) is 0 Å². The van der Waals surface area contributed by atoms with Crippen LogP contribution in [0.1, 0.15) is 29.3 Å². The maximum Gasteiger partial charge on any atom is 0.322 e. The number of urea groups is 1. The van der Waals surface area contributed by atoms with Gasteiger partial charge in [-0.1, -0.05) is 43.3 Å². The number of carbonyl (C=O) groups excluding carboxylic acids is 2. The number of carbonyl (C=O) groups is 2. The molecule has 0 aromatic heterocycles. The maximum absolute atomic E-state index is 12.7. The highest BCUT2D eigenvalue weighted by atomic mass is 16.3. The topological polar surface area (TPSA) is 81.7 Å². The minimum absolute atomic E-state index is 0.167. The van der Waals surface area contributed by atoms with Gasteiger partial charge in [0.15, 0.2) is 0 Å². The first-order valence-corrected chi connectivity index (χ1v) is 9.86. The summed E-state index contributed by atoms with van der Waals surface area (Å²) in [6.07, 6.45) is 0.791. The lowest BCUT2D eigenvalue weighted by atomic mass is 10.2. The summed E-state index contributed by atoms with van der Waals surface area (Å²) in [5, 5.41) is 15.7. The predicted molar refractivity (Wildman–Crippen MR) is 119 cm³/mol. The highest BCUT2D eigenvalue weighted by Gasteiger charge is 2.15. The molecule has 0 heterocycles. The van der Waals surface area contributed by atoms with E-state index in [0.717, 1.165) is 12.1 Å². The third-order valence-electron chi connectivity index (χ3n) is 4.56. The summed E-state index contributed by atoms with van der Waals surface area (Å²) in [6.45, 7) is 2.85. The Bertz CT molecular complexity index is 988. The van der Waals surface area contributed by atoms with Crippen LogP contribution >= 0.6 is 0 Å². The summed E-state index contributed by atoms with van der Waals surface area (Å²) in [5.41, 5.74) is 2.50. The third kappa shape index (κ3) is 5.61. The van der Waals surface area contributed by atoms with Gasteiger partial charge in [-0.2, -0.15) is 0 Å². The molecule has 0 aliphatic heterocycles. The highest BCUT2D eigenvalue weighted by Crippen LogP contribution is 2.19. The van der Waals surface area contributed by atoms with Gasteiger partial charge in [0.25, 0.3) is 5.91 Å². The molecule has 0 aliphatic rings. The third-order valence-corrected chi connectivity index (χ3v) is 4.56. The molecule has 0 radical (unpaired) electrons. The van der Waals surface area contributed by atoms with E-state index in [0.29, 0.717) is 29.9 Å². The number of benzene rings is 3. The standard InChI is InChI=1S/C24H25N3O3/c1-2-16-27(17-19-8-6-7-11-22(19)28)24(30)26-21-14-12-18(13-15-21)23(29)25-20-9-4-3-5-10-20/h3-15,28H,2,16-17H2,1H3,(H,25,29)(H,26,30). The molecule has 0 atom stereocenters. The van der Waals surface area contributed by atoms with E-state index in [4.69, 9.17) is 0 Å². The smallest absolute Gasteiger partial charge is 0.322 e. The summed E-state index contributed by atoms with van der Waals surface area (Å²) in [4.78, 5) is 26.7. The second-order valence-electron chi connectivity index (χ2n) is 6.88. The van der Waals surface area contributed by atoms with Crippen molar-refractivity contribution in [3.63, 3.8) is 0 Å². The molecule has 0 bridgehead atoms. The fourth-order valence-corrected chi connectivity index (χ4v) is 3.00. The zero-order chi connectivity index (χ0) is 21.3.